The number of amides is 1. The standard InChI is InChI=1S/C23H24N2O3S2/c26-22(8-4-14-29-23-24-17-5-1-2-7-21(17)30-23)25-11-3-6-18(25)16-9-10-19-20(15-16)28-13-12-27-19/h1-2,5,7,9-10,15,18H,3-4,6,8,11-14H2. The quantitative estimate of drug-likeness (QED) is 0.384. The van der Waals surface area contributed by atoms with Crippen molar-refractivity contribution < 1.29 is 14.3 Å². The number of thioether (sulfide) groups is 1. The Kier molecular flexibility index (Phi) is 5.82. The highest BCUT2D eigenvalue weighted by Crippen LogP contribution is 2.38. The van der Waals surface area contributed by atoms with Crippen LogP contribution in [0.4, 0.5) is 0 Å². The van der Waals surface area contributed by atoms with Crippen molar-refractivity contribution in [3.63, 3.8) is 0 Å². The third-order valence-electron chi connectivity index (χ3n) is 5.56. The number of thiazole rings is 1. The van der Waals surface area contributed by atoms with Gasteiger partial charge in [-0.25, -0.2) is 4.98 Å². The van der Waals surface area contributed by atoms with Gasteiger partial charge in [-0.05, 0) is 49.1 Å². The molecule has 5 rings (SSSR count). The molecule has 5 nitrogen and oxygen atoms in total. The normalized spacial score (nSPS) is 18.1. The zero-order valence-electron chi connectivity index (χ0n) is 16.7. The van der Waals surface area contributed by atoms with Gasteiger partial charge in [-0.15, -0.1) is 11.3 Å². The number of hydrogen-bond acceptors (Lipinski definition) is 6. The second kappa shape index (κ2) is 8.86. The van der Waals surface area contributed by atoms with Crippen LogP contribution in [-0.2, 0) is 4.79 Å². The summed E-state index contributed by atoms with van der Waals surface area (Å²) < 4.78 is 13.7. The highest BCUT2D eigenvalue weighted by Gasteiger charge is 2.30. The summed E-state index contributed by atoms with van der Waals surface area (Å²) in [4.78, 5) is 19.6. The van der Waals surface area contributed by atoms with Crippen LogP contribution in [0.15, 0.2) is 46.8 Å². The van der Waals surface area contributed by atoms with Gasteiger partial charge in [0.2, 0.25) is 5.91 Å². The Bertz CT molecular complexity index is 1020. The van der Waals surface area contributed by atoms with Gasteiger partial charge in [-0.2, -0.15) is 0 Å². The van der Waals surface area contributed by atoms with Crippen molar-refractivity contribution in [3.05, 3.63) is 48.0 Å². The van der Waals surface area contributed by atoms with E-state index in [9.17, 15) is 4.79 Å². The van der Waals surface area contributed by atoms with Gasteiger partial charge in [0, 0.05) is 18.7 Å². The molecule has 1 aromatic heterocycles. The van der Waals surface area contributed by atoms with E-state index in [-0.39, 0.29) is 11.9 Å². The largest absolute Gasteiger partial charge is 0.486 e. The maximum absolute atomic E-state index is 12.9. The molecule has 3 aromatic rings. The molecule has 1 amide bonds. The maximum atomic E-state index is 12.9. The number of likely N-dealkylation sites (tertiary alicyclic amines) is 1. The first kappa shape index (κ1) is 19.7. The van der Waals surface area contributed by atoms with Crippen molar-refractivity contribution in [2.24, 2.45) is 0 Å². The number of aromatic nitrogens is 1. The van der Waals surface area contributed by atoms with Gasteiger partial charge >= 0.3 is 0 Å². The molecule has 2 aliphatic heterocycles. The molecule has 7 heteroatoms. The molecule has 1 fully saturated rings. The number of hydrogen-bond donors (Lipinski definition) is 0. The van der Waals surface area contributed by atoms with Crippen LogP contribution in [0.2, 0.25) is 0 Å². The first-order valence-corrected chi connectivity index (χ1v) is 12.3. The van der Waals surface area contributed by atoms with Gasteiger partial charge in [0.1, 0.15) is 13.2 Å². The Morgan fingerprint density at radius 1 is 1.17 bits per heavy atom. The maximum Gasteiger partial charge on any atom is 0.223 e. The highest BCUT2D eigenvalue weighted by atomic mass is 32.2. The van der Waals surface area contributed by atoms with Crippen LogP contribution in [0.3, 0.4) is 0 Å². The van der Waals surface area contributed by atoms with Crippen LogP contribution >= 0.6 is 23.1 Å². The topological polar surface area (TPSA) is 51.7 Å². The van der Waals surface area contributed by atoms with Gasteiger partial charge in [0.25, 0.3) is 0 Å². The minimum Gasteiger partial charge on any atom is -0.486 e. The minimum absolute atomic E-state index is 0.144. The summed E-state index contributed by atoms with van der Waals surface area (Å²) in [6.45, 7) is 2.01. The van der Waals surface area contributed by atoms with E-state index < -0.39 is 0 Å². The third kappa shape index (κ3) is 4.14. The molecule has 1 atom stereocenters. The molecule has 0 N–H and O–H groups in total. The molecular formula is C23H24N2O3S2. The SMILES string of the molecule is O=C(CCCSc1nc2ccccc2s1)N1CCCC1c1ccc2c(c1)OCCO2. The Morgan fingerprint density at radius 3 is 2.93 bits per heavy atom. The van der Waals surface area contributed by atoms with Crippen LogP contribution in [0.1, 0.15) is 37.3 Å². The van der Waals surface area contributed by atoms with Crippen molar-refractivity contribution in [1.29, 1.82) is 0 Å². The fourth-order valence-corrected chi connectivity index (χ4v) is 6.20. The third-order valence-corrected chi connectivity index (χ3v) is 7.82. The molecule has 0 bridgehead atoms. The molecule has 0 aliphatic carbocycles. The zero-order chi connectivity index (χ0) is 20.3. The summed E-state index contributed by atoms with van der Waals surface area (Å²) in [5, 5.41) is 0. The Labute approximate surface area is 184 Å². The fraction of sp³-hybridized carbons (Fsp3) is 0.391. The van der Waals surface area contributed by atoms with E-state index in [1.165, 1.54) is 4.70 Å². The van der Waals surface area contributed by atoms with E-state index in [2.05, 4.69) is 17.1 Å². The average Bonchev–Trinajstić information content (AvgIpc) is 3.43. The molecule has 30 heavy (non-hydrogen) atoms. The van der Waals surface area contributed by atoms with E-state index in [1.54, 1.807) is 23.1 Å². The zero-order valence-corrected chi connectivity index (χ0v) is 18.3. The van der Waals surface area contributed by atoms with Crippen LogP contribution in [-0.4, -0.2) is 41.3 Å². The number of ether oxygens (including phenoxy) is 2. The molecule has 156 valence electrons. The Hall–Kier alpha value is -2.25. The smallest absolute Gasteiger partial charge is 0.223 e. The molecule has 2 aliphatic rings. The van der Waals surface area contributed by atoms with Gasteiger partial charge in [-0.3, -0.25) is 4.79 Å². The predicted molar refractivity (Wildman–Crippen MR) is 121 cm³/mol. The lowest BCUT2D eigenvalue weighted by Crippen LogP contribution is -2.30. The Morgan fingerprint density at radius 2 is 2.03 bits per heavy atom. The van der Waals surface area contributed by atoms with Crippen molar-refractivity contribution in [2.75, 3.05) is 25.5 Å². The molecule has 2 aromatic carbocycles. The molecule has 0 radical (unpaired) electrons. The molecule has 0 spiro atoms. The van der Waals surface area contributed by atoms with Crippen molar-refractivity contribution in [3.8, 4) is 11.5 Å². The molecular weight excluding hydrogens is 416 g/mol. The number of benzene rings is 2. The highest BCUT2D eigenvalue weighted by molar-refractivity contribution is 8.01. The van der Waals surface area contributed by atoms with Gasteiger partial charge in [0.05, 0.1) is 16.3 Å². The molecule has 1 unspecified atom stereocenters. The van der Waals surface area contributed by atoms with Crippen molar-refractivity contribution in [2.45, 2.75) is 36.1 Å². The molecule has 3 heterocycles. The second-order valence-electron chi connectivity index (χ2n) is 7.55. The Balaban J connectivity index is 1.16. The molecule has 0 saturated carbocycles. The summed E-state index contributed by atoms with van der Waals surface area (Å²) in [6.07, 6.45) is 3.50. The number of fused-ring (bicyclic) bond motifs is 2. The fourth-order valence-electron chi connectivity index (χ4n) is 4.12. The second-order valence-corrected chi connectivity index (χ2v) is 9.92. The van der Waals surface area contributed by atoms with E-state index in [0.717, 1.165) is 58.5 Å². The van der Waals surface area contributed by atoms with Crippen LogP contribution < -0.4 is 9.47 Å². The van der Waals surface area contributed by atoms with Crippen LogP contribution in [0.25, 0.3) is 10.2 Å². The number of rotatable bonds is 6. The average molecular weight is 441 g/mol. The summed E-state index contributed by atoms with van der Waals surface area (Å²) in [5.41, 5.74) is 2.20. The van der Waals surface area contributed by atoms with E-state index in [0.29, 0.717) is 19.6 Å². The van der Waals surface area contributed by atoms with Crippen molar-refractivity contribution in [1.82, 2.24) is 9.88 Å². The van der Waals surface area contributed by atoms with Gasteiger partial charge < -0.3 is 14.4 Å². The van der Waals surface area contributed by atoms with Crippen LogP contribution in [0, 0.1) is 0 Å². The van der Waals surface area contributed by atoms with E-state index in [1.807, 2.05) is 35.2 Å². The first-order chi connectivity index (χ1) is 14.8. The predicted octanol–water partition coefficient (Wildman–Crippen LogP) is 5.30. The lowest BCUT2D eigenvalue weighted by molar-refractivity contribution is -0.132. The number of carbonyl (C=O) groups excluding carboxylic acids is 1. The van der Waals surface area contributed by atoms with Crippen molar-refractivity contribution >= 4 is 39.2 Å². The lowest BCUT2D eigenvalue weighted by atomic mass is 10.0. The van der Waals surface area contributed by atoms with Gasteiger partial charge in [0.15, 0.2) is 15.8 Å². The lowest BCUT2D eigenvalue weighted by Gasteiger charge is -2.27. The molecule has 1 saturated heterocycles. The first-order valence-electron chi connectivity index (χ1n) is 10.5. The van der Waals surface area contributed by atoms with E-state index in [4.69, 9.17) is 9.47 Å². The number of para-hydroxylation sites is 1. The summed E-state index contributed by atoms with van der Waals surface area (Å²) in [6, 6.07) is 14.5. The monoisotopic (exact) mass is 440 g/mol. The summed E-state index contributed by atoms with van der Waals surface area (Å²) in [7, 11) is 0. The summed E-state index contributed by atoms with van der Waals surface area (Å²) in [5.74, 6) is 2.75. The number of nitrogens with zero attached hydrogens (tertiary/aromatic N) is 2. The minimum atomic E-state index is 0.144. The number of carbonyl (C=O) groups is 1. The van der Waals surface area contributed by atoms with Gasteiger partial charge in [-0.1, -0.05) is 30.0 Å². The summed E-state index contributed by atoms with van der Waals surface area (Å²) >= 11 is 3.47. The van der Waals surface area contributed by atoms with E-state index >= 15 is 0 Å². The van der Waals surface area contributed by atoms with Crippen LogP contribution in [0.5, 0.6) is 11.5 Å².